The van der Waals surface area contributed by atoms with Gasteiger partial charge < -0.3 is 5.73 Å². The number of fused-ring (bicyclic) bond motifs is 1. The van der Waals surface area contributed by atoms with Gasteiger partial charge in [-0.1, -0.05) is 6.07 Å². The quantitative estimate of drug-likeness (QED) is 0.794. The molecule has 1 aliphatic rings. The van der Waals surface area contributed by atoms with E-state index in [9.17, 15) is 8.42 Å². The molecule has 2 N–H and O–H groups in total. The largest absolute Gasteiger partial charge is 0.399 e. The predicted molar refractivity (Wildman–Crippen MR) is 66.0 cm³/mol. The van der Waals surface area contributed by atoms with Crippen LogP contribution in [0.3, 0.4) is 0 Å². The highest BCUT2D eigenvalue weighted by atomic mass is 32.2. The molecule has 0 amide bonds. The summed E-state index contributed by atoms with van der Waals surface area (Å²) in [6.07, 6.45) is 0.765. The average molecular weight is 240 g/mol. The van der Waals surface area contributed by atoms with Gasteiger partial charge in [-0.25, -0.2) is 8.42 Å². The third kappa shape index (κ3) is 1.65. The van der Waals surface area contributed by atoms with Crippen molar-refractivity contribution in [2.24, 2.45) is 0 Å². The van der Waals surface area contributed by atoms with Crippen molar-refractivity contribution < 1.29 is 8.42 Å². The Labute approximate surface area is 96.1 Å². The lowest BCUT2D eigenvalue weighted by molar-refractivity contribution is 0.583. The van der Waals surface area contributed by atoms with Gasteiger partial charge in [-0.3, -0.25) is 4.31 Å². The Morgan fingerprint density at radius 1 is 1.38 bits per heavy atom. The molecular formula is C11H16N2O2S. The van der Waals surface area contributed by atoms with Crippen molar-refractivity contribution in [3.05, 3.63) is 23.8 Å². The summed E-state index contributed by atoms with van der Waals surface area (Å²) >= 11 is 0. The minimum Gasteiger partial charge on any atom is -0.399 e. The van der Waals surface area contributed by atoms with Gasteiger partial charge in [-0.15, -0.1) is 0 Å². The van der Waals surface area contributed by atoms with Gasteiger partial charge in [0.25, 0.3) is 0 Å². The van der Waals surface area contributed by atoms with Crippen molar-refractivity contribution in [2.45, 2.75) is 25.5 Å². The van der Waals surface area contributed by atoms with Gasteiger partial charge in [0, 0.05) is 12.2 Å². The van der Waals surface area contributed by atoms with E-state index in [1.165, 1.54) is 4.31 Å². The fraction of sp³-hybridized carbons (Fsp3) is 0.455. The highest BCUT2D eigenvalue weighted by Gasteiger charge is 2.31. The summed E-state index contributed by atoms with van der Waals surface area (Å²) in [6, 6.07) is 5.45. The van der Waals surface area contributed by atoms with Crippen molar-refractivity contribution in [1.82, 2.24) is 0 Å². The maximum Gasteiger partial charge on any atom is 0.237 e. The maximum absolute atomic E-state index is 12.1. The van der Waals surface area contributed by atoms with E-state index in [4.69, 9.17) is 5.73 Å². The van der Waals surface area contributed by atoms with E-state index >= 15 is 0 Å². The molecule has 0 unspecified atom stereocenters. The Balaban J connectivity index is 2.48. The first-order chi connectivity index (χ1) is 7.43. The Morgan fingerprint density at radius 2 is 2.06 bits per heavy atom. The molecule has 1 aromatic rings. The molecule has 1 heterocycles. The number of benzene rings is 1. The van der Waals surface area contributed by atoms with Gasteiger partial charge in [0.1, 0.15) is 0 Å². The Kier molecular flexibility index (Phi) is 2.58. The fourth-order valence-corrected chi connectivity index (χ4v) is 3.18. The monoisotopic (exact) mass is 240 g/mol. The van der Waals surface area contributed by atoms with Crippen LogP contribution in [0.4, 0.5) is 11.4 Å². The molecule has 88 valence electrons. The molecule has 0 spiro atoms. The summed E-state index contributed by atoms with van der Waals surface area (Å²) in [5, 5.41) is -0.403. The lowest BCUT2D eigenvalue weighted by Gasteiger charge is -2.22. The Hall–Kier alpha value is -1.23. The second-order valence-electron chi connectivity index (χ2n) is 4.30. The van der Waals surface area contributed by atoms with Crippen LogP contribution < -0.4 is 10.0 Å². The highest BCUT2D eigenvalue weighted by Crippen LogP contribution is 2.33. The highest BCUT2D eigenvalue weighted by molar-refractivity contribution is 7.93. The second kappa shape index (κ2) is 3.66. The summed E-state index contributed by atoms with van der Waals surface area (Å²) in [5.74, 6) is 0. The molecule has 0 fully saturated rings. The van der Waals surface area contributed by atoms with Crippen LogP contribution >= 0.6 is 0 Å². The first kappa shape index (κ1) is 11.3. The van der Waals surface area contributed by atoms with Gasteiger partial charge in [0.2, 0.25) is 10.0 Å². The smallest absolute Gasteiger partial charge is 0.237 e. The lowest BCUT2D eigenvalue weighted by atomic mass is 10.1. The molecule has 16 heavy (non-hydrogen) atoms. The van der Waals surface area contributed by atoms with Crippen molar-refractivity contribution in [2.75, 3.05) is 16.6 Å². The normalized spacial score (nSPS) is 15.6. The topological polar surface area (TPSA) is 63.4 Å². The first-order valence-electron chi connectivity index (χ1n) is 5.33. The van der Waals surface area contributed by atoms with Gasteiger partial charge in [0.15, 0.2) is 0 Å². The standard InChI is InChI=1S/C11H16N2O2S/c1-8(2)16(14,15)13-6-5-9-3-4-10(12)7-11(9)13/h3-4,7-8H,5-6,12H2,1-2H3. The van der Waals surface area contributed by atoms with Crippen LogP contribution in [0.15, 0.2) is 18.2 Å². The Morgan fingerprint density at radius 3 is 2.69 bits per heavy atom. The summed E-state index contributed by atoms with van der Waals surface area (Å²) in [7, 11) is -3.23. The number of nitrogens with zero attached hydrogens (tertiary/aromatic N) is 1. The number of sulfonamides is 1. The third-order valence-electron chi connectivity index (χ3n) is 2.87. The molecule has 0 bridgehead atoms. The zero-order valence-corrected chi connectivity index (χ0v) is 10.3. The van der Waals surface area contributed by atoms with E-state index in [1.54, 1.807) is 19.9 Å². The molecule has 0 aromatic heterocycles. The van der Waals surface area contributed by atoms with Gasteiger partial charge in [0.05, 0.1) is 10.9 Å². The zero-order valence-electron chi connectivity index (χ0n) is 9.47. The predicted octanol–water partition coefficient (Wildman–Crippen LogP) is 1.37. The number of hydrogen-bond donors (Lipinski definition) is 1. The van der Waals surface area contributed by atoms with Gasteiger partial charge in [-0.2, -0.15) is 0 Å². The van der Waals surface area contributed by atoms with Crippen molar-refractivity contribution >= 4 is 21.4 Å². The summed E-state index contributed by atoms with van der Waals surface area (Å²) < 4.78 is 25.7. The van der Waals surface area contributed by atoms with Crippen LogP contribution in [-0.2, 0) is 16.4 Å². The number of nitrogens with two attached hydrogens (primary N) is 1. The van der Waals surface area contributed by atoms with Crippen LogP contribution in [-0.4, -0.2) is 20.2 Å². The summed E-state index contributed by atoms with van der Waals surface area (Å²) in [6.45, 7) is 3.92. The molecule has 0 aliphatic carbocycles. The summed E-state index contributed by atoms with van der Waals surface area (Å²) in [5.41, 5.74) is 8.09. The molecule has 5 heteroatoms. The number of rotatable bonds is 2. The zero-order chi connectivity index (χ0) is 11.9. The molecule has 0 radical (unpaired) electrons. The SMILES string of the molecule is CC(C)S(=O)(=O)N1CCc2ccc(N)cc21. The molecule has 0 saturated carbocycles. The van der Waals surface area contributed by atoms with E-state index in [2.05, 4.69) is 0 Å². The van der Waals surface area contributed by atoms with E-state index in [0.717, 1.165) is 17.7 Å². The molecule has 1 aliphatic heterocycles. The fourth-order valence-electron chi connectivity index (χ4n) is 1.89. The summed E-state index contributed by atoms with van der Waals surface area (Å²) in [4.78, 5) is 0. The molecular weight excluding hydrogens is 224 g/mol. The van der Waals surface area contributed by atoms with Gasteiger partial charge in [-0.05, 0) is 38.0 Å². The molecule has 2 rings (SSSR count). The van der Waals surface area contributed by atoms with Crippen LogP contribution in [0, 0.1) is 0 Å². The first-order valence-corrected chi connectivity index (χ1v) is 6.83. The third-order valence-corrected chi connectivity index (χ3v) is 5.05. The number of nitrogen functional groups attached to an aromatic ring is 1. The van der Waals surface area contributed by atoms with Crippen LogP contribution in [0.5, 0.6) is 0 Å². The van der Waals surface area contributed by atoms with E-state index in [0.29, 0.717) is 12.2 Å². The van der Waals surface area contributed by atoms with Crippen molar-refractivity contribution in [1.29, 1.82) is 0 Å². The number of hydrogen-bond acceptors (Lipinski definition) is 3. The van der Waals surface area contributed by atoms with Crippen LogP contribution in [0.2, 0.25) is 0 Å². The average Bonchev–Trinajstić information content (AvgIpc) is 2.60. The minimum absolute atomic E-state index is 0.403. The van der Waals surface area contributed by atoms with Crippen molar-refractivity contribution in [3.63, 3.8) is 0 Å². The van der Waals surface area contributed by atoms with Gasteiger partial charge >= 0.3 is 0 Å². The molecule has 0 saturated heterocycles. The lowest BCUT2D eigenvalue weighted by Crippen LogP contribution is -2.35. The Bertz CT molecular complexity index is 509. The molecule has 0 atom stereocenters. The minimum atomic E-state index is -3.23. The van der Waals surface area contributed by atoms with E-state index in [1.807, 2.05) is 12.1 Å². The molecule has 4 nitrogen and oxygen atoms in total. The van der Waals surface area contributed by atoms with Crippen molar-refractivity contribution in [3.8, 4) is 0 Å². The molecule has 1 aromatic carbocycles. The van der Waals surface area contributed by atoms with Crippen LogP contribution in [0.1, 0.15) is 19.4 Å². The second-order valence-corrected chi connectivity index (χ2v) is 6.72. The van der Waals surface area contributed by atoms with Crippen LogP contribution in [0.25, 0.3) is 0 Å². The maximum atomic E-state index is 12.1. The van der Waals surface area contributed by atoms with E-state index < -0.39 is 15.3 Å². The number of anilines is 2. The van der Waals surface area contributed by atoms with E-state index in [-0.39, 0.29) is 0 Å².